The van der Waals surface area contributed by atoms with Gasteiger partial charge in [0.1, 0.15) is 0 Å². The SMILES string of the molecule is Cc1cc(C(=O)COC(=O)[C@@H](O)c2ccccc2)c(C)n1Cc1cccs1. The number of aromatic nitrogens is 1. The molecule has 0 spiro atoms. The average molecular weight is 383 g/mol. The average Bonchev–Trinajstić information content (AvgIpc) is 3.29. The summed E-state index contributed by atoms with van der Waals surface area (Å²) in [5, 5.41) is 12.1. The van der Waals surface area contributed by atoms with Crippen molar-refractivity contribution in [2.75, 3.05) is 6.61 Å². The van der Waals surface area contributed by atoms with Crippen molar-refractivity contribution in [3.05, 3.63) is 81.3 Å². The molecule has 1 N–H and O–H groups in total. The van der Waals surface area contributed by atoms with E-state index in [1.165, 1.54) is 4.88 Å². The molecule has 0 fully saturated rings. The second-order valence-corrected chi connectivity index (χ2v) is 7.33. The van der Waals surface area contributed by atoms with E-state index < -0.39 is 18.7 Å². The summed E-state index contributed by atoms with van der Waals surface area (Å²) in [7, 11) is 0. The summed E-state index contributed by atoms with van der Waals surface area (Å²) in [4.78, 5) is 25.7. The van der Waals surface area contributed by atoms with Crippen LogP contribution >= 0.6 is 11.3 Å². The minimum Gasteiger partial charge on any atom is -0.455 e. The fourth-order valence-corrected chi connectivity index (χ4v) is 3.64. The van der Waals surface area contributed by atoms with Crippen molar-refractivity contribution in [2.45, 2.75) is 26.5 Å². The Bertz CT molecular complexity index is 929. The Morgan fingerprint density at radius 2 is 1.89 bits per heavy atom. The number of Topliss-reactive ketones (excluding diaryl/α,β-unsaturated/α-hetero) is 1. The lowest BCUT2D eigenvalue weighted by molar-refractivity contribution is -0.152. The summed E-state index contributed by atoms with van der Waals surface area (Å²) in [5.74, 6) is -1.11. The number of aliphatic hydroxyl groups is 1. The van der Waals surface area contributed by atoms with Crippen molar-refractivity contribution in [3.8, 4) is 0 Å². The largest absolute Gasteiger partial charge is 0.455 e. The molecule has 1 atom stereocenters. The molecule has 1 aromatic carbocycles. The van der Waals surface area contributed by atoms with Gasteiger partial charge in [0.05, 0.1) is 6.54 Å². The van der Waals surface area contributed by atoms with E-state index in [-0.39, 0.29) is 5.78 Å². The molecule has 27 heavy (non-hydrogen) atoms. The van der Waals surface area contributed by atoms with E-state index in [1.54, 1.807) is 41.7 Å². The Morgan fingerprint density at radius 3 is 2.56 bits per heavy atom. The third-order valence-corrected chi connectivity index (χ3v) is 5.31. The predicted molar refractivity (Wildman–Crippen MR) is 104 cm³/mol. The van der Waals surface area contributed by atoms with E-state index >= 15 is 0 Å². The molecule has 0 aliphatic heterocycles. The number of benzene rings is 1. The molecule has 0 bridgehead atoms. The molecule has 2 aromatic heterocycles. The number of aliphatic hydroxyl groups excluding tert-OH is 1. The molecule has 0 aliphatic carbocycles. The lowest BCUT2D eigenvalue weighted by atomic mass is 10.1. The molecular formula is C21H21NO4S. The van der Waals surface area contributed by atoms with Gasteiger partial charge in [-0.15, -0.1) is 11.3 Å². The third kappa shape index (κ3) is 4.35. The summed E-state index contributed by atoms with van der Waals surface area (Å²) >= 11 is 1.67. The number of esters is 1. The van der Waals surface area contributed by atoms with Crippen LogP contribution in [0.1, 0.15) is 38.3 Å². The second-order valence-electron chi connectivity index (χ2n) is 6.29. The van der Waals surface area contributed by atoms with E-state index in [1.807, 2.05) is 31.4 Å². The summed E-state index contributed by atoms with van der Waals surface area (Å²) in [6.45, 7) is 4.14. The topological polar surface area (TPSA) is 68.5 Å². The molecule has 0 saturated heterocycles. The van der Waals surface area contributed by atoms with Crippen molar-refractivity contribution < 1.29 is 19.4 Å². The Hall–Kier alpha value is -2.70. The zero-order valence-corrected chi connectivity index (χ0v) is 16.0. The quantitative estimate of drug-likeness (QED) is 0.499. The van der Waals surface area contributed by atoms with Crippen molar-refractivity contribution in [2.24, 2.45) is 0 Å². The van der Waals surface area contributed by atoms with Crippen LogP contribution < -0.4 is 0 Å². The van der Waals surface area contributed by atoms with E-state index in [4.69, 9.17) is 4.74 Å². The van der Waals surface area contributed by atoms with Crippen molar-refractivity contribution in [1.82, 2.24) is 4.57 Å². The number of aryl methyl sites for hydroxylation is 1. The Morgan fingerprint density at radius 1 is 1.15 bits per heavy atom. The number of ether oxygens (including phenoxy) is 1. The lowest BCUT2D eigenvalue weighted by Gasteiger charge is -2.11. The highest BCUT2D eigenvalue weighted by Gasteiger charge is 2.22. The van der Waals surface area contributed by atoms with E-state index in [0.717, 1.165) is 11.4 Å². The fourth-order valence-electron chi connectivity index (χ4n) is 2.95. The van der Waals surface area contributed by atoms with Crippen LogP contribution in [0.25, 0.3) is 0 Å². The van der Waals surface area contributed by atoms with Crippen LogP contribution in [-0.4, -0.2) is 28.0 Å². The maximum atomic E-state index is 12.5. The van der Waals surface area contributed by atoms with E-state index in [2.05, 4.69) is 10.6 Å². The van der Waals surface area contributed by atoms with Gasteiger partial charge < -0.3 is 14.4 Å². The predicted octanol–water partition coefficient (Wildman–Crippen LogP) is 3.67. The molecule has 3 aromatic rings. The van der Waals surface area contributed by atoms with Crippen LogP contribution in [0.4, 0.5) is 0 Å². The number of rotatable bonds is 7. The van der Waals surface area contributed by atoms with Crippen LogP contribution in [0, 0.1) is 13.8 Å². The van der Waals surface area contributed by atoms with Gasteiger partial charge in [-0.05, 0) is 36.9 Å². The highest BCUT2D eigenvalue weighted by atomic mass is 32.1. The minimum atomic E-state index is -1.40. The van der Waals surface area contributed by atoms with Crippen LogP contribution in [-0.2, 0) is 16.1 Å². The number of hydrogen-bond donors (Lipinski definition) is 1. The van der Waals surface area contributed by atoms with Crippen LogP contribution in [0.5, 0.6) is 0 Å². The first kappa shape index (κ1) is 19.1. The number of carbonyl (C=O) groups excluding carboxylic acids is 2. The van der Waals surface area contributed by atoms with Gasteiger partial charge in [-0.3, -0.25) is 4.79 Å². The molecular weight excluding hydrogens is 362 g/mol. The monoisotopic (exact) mass is 383 g/mol. The van der Waals surface area contributed by atoms with Gasteiger partial charge in [-0.1, -0.05) is 36.4 Å². The smallest absolute Gasteiger partial charge is 0.340 e. The summed E-state index contributed by atoms with van der Waals surface area (Å²) in [6.07, 6.45) is -1.40. The minimum absolute atomic E-state index is 0.283. The maximum Gasteiger partial charge on any atom is 0.340 e. The number of ketones is 1. The van der Waals surface area contributed by atoms with Gasteiger partial charge >= 0.3 is 5.97 Å². The summed E-state index contributed by atoms with van der Waals surface area (Å²) < 4.78 is 7.11. The molecule has 5 nitrogen and oxygen atoms in total. The zero-order chi connectivity index (χ0) is 19.4. The van der Waals surface area contributed by atoms with Gasteiger partial charge in [0, 0.05) is 21.8 Å². The fraction of sp³-hybridized carbons (Fsp3) is 0.238. The molecule has 140 valence electrons. The van der Waals surface area contributed by atoms with Crippen LogP contribution in [0.3, 0.4) is 0 Å². The Kier molecular flexibility index (Phi) is 5.88. The number of thiophene rings is 1. The van der Waals surface area contributed by atoms with Gasteiger partial charge in [0.15, 0.2) is 12.7 Å². The lowest BCUT2D eigenvalue weighted by Crippen LogP contribution is -2.20. The molecule has 0 radical (unpaired) electrons. The van der Waals surface area contributed by atoms with Crippen molar-refractivity contribution >= 4 is 23.1 Å². The van der Waals surface area contributed by atoms with Crippen molar-refractivity contribution in [3.63, 3.8) is 0 Å². The number of hydrogen-bond acceptors (Lipinski definition) is 5. The molecule has 0 aliphatic rings. The normalized spacial score (nSPS) is 12.0. The number of carbonyl (C=O) groups is 2. The number of nitrogens with zero attached hydrogens (tertiary/aromatic N) is 1. The Balaban J connectivity index is 1.65. The van der Waals surface area contributed by atoms with Gasteiger partial charge in [0.25, 0.3) is 0 Å². The van der Waals surface area contributed by atoms with Gasteiger partial charge in [-0.2, -0.15) is 0 Å². The van der Waals surface area contributed by atoms with Crippen molar-refractivity contribution in [1.29, 1.82) is 0 Å². The summed E-state index contributed by atoms with van der Waals surface area (Å²) in [5.41, 5.74) is 2.78. The Labute approximate surface area is 161 Å². The highest BCUT2D eigenvalue weighted by molar-refractivity contribution is 7.09. The van der Waals surface area contributed by atoms with Gasteiger partial charge in [-0.25, -0.2) is 4.79 Å². The van der Waals surface area contributed by atoms with E-state index in [9.17, 15) is 14.7 Å². The van der Waals surface area contributed by atoms with Gasteiger partial charge in [0.2, 0.25) is 5.78 Å². The van der Waals surface area contributed by atoms with Crippen LogP contribution in [0.2, 0.25) is 0 Å². The van der Waals surface area contributed by atoms with E-state index in [0.29, 0.717) is 17.7 Å². The molecule has 3 rings (SSSR count). The first-order valence-electron chi connectivity index (χ1n) is 8.59. The molecule has 6 heteroatoms. The molecule has 2 heterocycles. The zero-order valence-electron chi connectivity index (χ0n) is 15.2. The summed E-state index contributed by atoms with van der Waals surface area (Å²) in [6, 6.07) is 14.4. The first-order chi connectivity index (χ1) is 13.0. The standard InChI is InChI=1S/C21H21NO4S/c1-14-11-18(15(2)22(14)12-17-9-6-10-27-17)19(23)13-26-21(25)20(24)16-7-4-3-5-8-16/h3-11,20,24H,12-13H2,1-2H3/t20-/m0/s1. The molecule has 0 unspecified atom stereocenters. The molecule has 0 saturated carbocycles. The third-order valence-electron chi connectivity index (χ3n) is 4.45. The maximum absolute atomic E-state index is 12.5. The van der Waals surface area contributed by atoms with Crippen LogP contribution in [0.15, 0.2) is 53.9 Å². The second kappa shape index (κ2) is 8.33. The first-order valence-corrected chi connectivity index (χ1v) is 9.47. The highest BCUT2D eigenvalue weighted by Crippen LogP contribution is 2.20. The molecule has 0 amide bonds.